The summed E-state index contributed by atoms with van der Waals surface area (Å²) in [5, 5.41) is 0.646. The van der Waals surface area contributed by atoms with Gasteiger partial charge in [0.15, 0.2) is 0 Å². The molecule has 0 radical (unpaired) electrons. The molecule has 2 saturated carbocycles. The van der Waals surface area contributed by atoms with E-state index in [2.05, 4.69) is 27.5 Å². The lowest BCUT2D eigenvalue weighted by atomic mass is 9.89. The summed E-state index contributed by atoms with van der Waals surface area (Å²) in [5.74, 6) is 0.870. The van der Waals surface area contributed by atoms with Crippen LogP contribution in [0, 0.1) is 9.49 Å². The van der Waals surface area contributed by atoms with Gasteiger partial charge in [0.05, 0.1) is 5.56 Å². The molecule has 3 rings (SSSR count). The van der Waals surface area contributed by atoms with Crippen LogP contribution in [0.3, 0.4) is 0 Å². The van der Waals surface area contributed by atoms with Gasteiger partial charge in [-0.1, -0.05) is 30.9 Å². The van der Waals surface area contributed by atoms with E-state index in [1.54, 1.807) is 0 Å². The van der Waals surface area contributed by atoms with Gasteiger partial charge in [-0.3, -0.25) is 4.79 Å². The summed E-state index contributed by atoms with van der Waals surface area (Å²) in [4.78, 5) is 15.1. The number of halogens is 2. The van der Waals surface area contributed by atoms with Gasteiger partial charge in [0, 0.05) is 21.2 Å². The molecule has 0 bridgehead atoms. The molecule has 2 nitrogen and oxygen atoms in total. The third kappa shape index (κ3) is 3.92. The zero-order valence-corrected chi connectivity index (χ0v) is 15.1. The normalized spacial score (nSPS) is 19.5. The Morgan fingerprint density at radius 2 is 1.90 bits per heavy atom. The Morgan fingerprint density at radius 1 is 1.19 bits per heavy atom. The van der Waals surface area contributed by atoms with Crippen LogP contribution in [0.2, 0.25) is 5.02 Å². The van der Waals surface area contributed by atoms with E-state index in [4.69, 9.17) is 11.6 Å². The Kier molecular flexibility index (Phi) is 5.10. The molecule has 0 atom stereocenters. The average Bonchev–Trinajstić information content (AvgIpc) is 3.32. The molecule has 2 aliphatic rings. The van der Waals surface area contributed by atoms with Crippen molar-refractivity contribution in [3.8, 4) is 0 Å². The lowest BCUT2D eigenvalue weighted by Gasteiger charge is -2.30. The van der Waals surface area contributed by atoms with E-state index < -0.39 is 0 Å². The molecule has 2 aliphatic carbocycles. The van der Waals surface area contributed by atoms with Gasteiger partial charge >= 0.3 is 0 Å². The maximum atomic E-state index is 12.9. The summed E-state index contributed by atoms with van der Waals surface area (Å²) in [5.41, 5.74) is 0.769. The summed E-state index contributed by atoms with van der Waals surface area (Å²) < 4.78 is 0.997. The van der Waals surface area contributed by atoms with Crippen LogP contribution >= 0.6 is 34.2 Å². The molecular formula is C17H21ClINO. The Labute approximate surface area is 145 Å². The van der Waals surface area contributed by atoms with Crippen LogP contribution < -0.4 is 0 Å². The first-order chi connectivity index (χ1) is 10.1. The Morgan fingerprint density at radius 3 is 2.57 bits per heavy atom. The molecule has 21 heavy (non-hydrogen) atoms. The lowest BCUT2D eigenvalue weighted by Crippen LogP contribution is -2.38. The van der Waals surface area contributed by atoms with Crippen molar-refractivity contribution < 1.29 is 4.79 Å². The smallest absolute Gasteiger partial charge is 0.255 e. The summed E-state index contributed by atoms with van der Waals surface area (Å²) >= 11 is 8.31. The summed E-state index contributed by atoms with van der Waals surface area (Å²) in [6, 6.07) is 6.07. The first kappa shape index (κ1) is 15.6. The van der Waals surface area contributed by atoms with Crippen molar-refractivity contribution in [3.05, 3.63) is 32.4 Å². The van der Waals surface area contributed by atoms with Crippen LogP contribution in [-0.4, -0.2) is 23.4 Å². The molecule has 0 spiro atoms. The van der Waals surface area contributed by atoms with Crippen molar-refractivity contribution in [2.75, 3.05) is 6.54 Å². The van der Waals surface area contributed by atoms with E-state index in [0.29, 0.717) is 17.0 Å². The van der Waals surface area contributed by atoms with Crippen molar-refractivity contribution in [1.29, 1.82) is 0 Å². The fourth-order valence-corrected chi connectivity index (χ4v) is 3.99. The van der Waals surface area contributed by atoms with Crippen LogP contribution in [-0.2, 0) is 0 Å². The fraction of sp³-hybridized carbons (Fsp3) is 0.588. The van der Waals surface area contributed by atoms with Crippen molar-refractivity contribution in [1.82, 2.24) is 4.90 Å². The number of carbonyl (C=O) groups excluding carboxylic acids is 1. The van der Waals surface area contributed by atoms with Crippen LogP contribution in [0.5, 0.6) is 0 Å². The highest BCUT2D eigenvalue weighted by atomic mass is 127. The van der Waals surface area contributed by atoms with E-state index in [1.807, 2.05) is 18.2 Å². The van der Waals surface area contributed by atoms with Crippen LogP contribution in [0.1, 0.15) is 55.3 Å². The Bertz CT molecular complexity index is 524. The summed E-state index contributed by atoms with van der Waals surface area (Å²) in [6.07, 6.45) is 8.90. The molecule has 4 heteroatoms. The van der Waals surface area contributed by atoms with E-state index in [0.717, 1.165) is 28.5 Å². The standard InChI is InChI=1S/C17H21ClINO/c18-13-6-9-16(19)15(10-13)17(21)20(14-7-8-14)11-12-4-2-1-3-5-12/h6,9-10,12,14H,1-5,7-8,11H2. The number of hydrogen-bond donors (Lipinski definition) is 0. The van der Waals surface area contributed by atoms with E-state index >= 15 is 0 Å². The highest BCUT2D eigenvalue weighted by molar-refractivity contribution is 14.1. The molecule has 0 aliphatic heterocycles. The SMILES string of the molecule is O=C(c1cc(Cl)ccc1I)N(CC1CCCCC1)C1CC1. The second-order valence-corrected chi connectivity index (χ2v) is 7.92. The number of carbonyl (C=O) groups is 1. The largest absolute Gasteiger partial charge is 0.335 e. The third-order valence-electron chi connectivity index (χ3n) is 4.59. The topological polar surface area (TPSA) is 20.3 Å². The zero-order valence-electron chi connectivity index (χ0n) is 12.2. The van der Waals surface area contributed by atoms with Gasteiger partial charge in [-0.25, -0.2) is 0 Å². The molecule has 0 saturated heterocycles. The van der Waals surface area contributed by atoms with Gasteiger partial charge in [0.25, 0.3) is 5.91 Å². The minimum absolute atomic E-state index is 0.176. The second kappa shape index (κ2) is 6.86. The number of hydrogen-bond acceptors (Lipinski definition) is 1. The molecule has 114 valence electrons. The predicted octanol–water partition coefficient (Wildman–Crippen LogP) is 5.13. The molecule has 2 fully saturated rings. The second-order valence-electron chi connectivity index (χ2n) is 6.32. The maximum Gasteiger partial charge on any atom is 0.255 e. The molecule has 1 aromatic rings. The van der Waals surface area contributed by atoms with Gasteiger partial charge in [-0.2, -0.15) is 0 Å². The fourth-order valence-electron chi connectivity index (χ4n) is 3.25. The predicted molar refractivity (Wildman–Crippen MR) is 94.8 cm³/mol. The third-order valence-corrected chi connectivity index (χ3v) is 5.76. The van der Waals surface area contributed by atoms with E-state index in [1.165, 1.54) is 32.1 Å². The number of amides is 1. The Balaban J connectivity index is 1.76. The summed E-state index contributed by atoms with van der Waals surface area (Å²) in [6.45, 7) is 0.937. The first-order valence-electron chi connectivity index (χ1n) is 7.91. The first-order valence-corrected chi connectivity index (χ1v) is 9.37. The molecule has 1 aromatic carbocycles. The van der Waals surface area contributed by atoms with E-state index in [9.17, 15) is 4.79 Å². The van der Waals surface area contributed by atoms with Crippen LogP contribution in [0.25, 0.3) is 0 Å². The van der Waals surface area contributed by atoms with Crippen molar-refractivity contribution in [3.63, 3.8) is 0 Å². The highest BCUT2D eigenvalue weighted by Crippen LogP contribution is 2.33. The molecule has 0 heterocycles. The van der Waals surface area contributed by atoms with E-state index in [-0.39, 0.29) is 5.91 Å². The quantitative estimate of drug-likeness (QED) is 0.622. The van der Waals surface area contributed by atoms with Crippen LogP contribution in [0.4, 0.5) is 0 Å². The Hall–Kier alpha value is -0.290. The molecule has 0 aromatic heterocycles. The lowest BCUT2D eigenvalue weighted by molar-refractivity contribution is 0.0698. The minimum atomic E-state index is 0.176. The van der Waals surface area contributed by atoms with Gasteiger partial charge < -0.3 is 4.90 Å². The molecular weight excluding hydrogens is 397 g/mol. The number of benzene rings is 1. The summed E-state index contributed by atoms with van der Waals surface area (Å²) in [7, 11) is 0. The van der Waals surface area contributed by atoms with Gasteiger partial charge in [0.1, 0.15) is 0 Å². The zero-order chi connectivity index (χ0) is 14.8. The van der Waals surface area contributed by atoms with Crippen molar-refractivity contribution in [2.45, 2.75) is 51.0 Å². The molecule has 0 unspecified atom stereocenters. The van der Waals surface area contributed by atoms with Crippen molar-refractivity contribution >= 4 is 40.1 Å². The highest BCUT2D eigenvalue weighted by Gasteiger charge is 2.35. The van der Waals surface area contributed by atoms with Crippen LogP contribution in [0.15, 0.2) is 18.2 Å². The maximum absolute atomic E-state index is 12.9. The minimum Gasteiger partial charge on any atom is -0.335 e. The monoisotopic (exact) mass is 417 g/mol. The van der Waals surface area contributed by atoms with Crippen molar-refractivity contribution in [2.24, 2.45) is 5.92 Å². The number of rotatable bonds is 4. The van der Waals surface area contributed by atoms with Gasteiger partial charge in [0.2, 0.25) is 0 Å². The molecule has 1 amide bonds. The van der Waals surface area contributed by atoms with Gasteiger partial charge in [-0.05, 0) is 72.4 Å². The molecule has 0 N–H and O–H groups in total. The average molecular weight is 418 g/mol. The van der Waals surface area contributed by atoms with Gasteiger partial charge in [-0.15, -0.1) is 0 Å². The number of nitrogens with zero attached hydrogens (tertiary/aromatic N) is 1.